The molecule has 0 radical (unpaired) electrons. The van der Waals surface area contributed by atoms with Crippen LogP contribution in [0.1, 0.15) is 42.0 Å². The summed E-state index contributed by atoms with van der Waals surface area (Å²) in [7, 11) is 1.42. The lowest BCUT2D eigenvalue weighted by Gasteiger charge is -2.36. The van der Waals surface area contributed by atoms with Crippen LogP contribution in [0, 0.1) is 5.82 Å². The SMILES string of the molecule is CCN(Cc1ccc(CN2CCN(c3ncccc3C(C)C(=O)OC)CC2)cc1)Cc1c(F)cccc1Cl. The molecule has 2 aromatic carbocycles. The third-order valence-corrected chi connectivity index (χ3v) is 7.59. The zero-order valence-electron chi connectivity index (χ0n) is 22.4. The number of rotatable bonds is 10. The highest BCUT2D eigenvalue weighted by Gasteiger charge is 2.25. The van der Waals surface area contributed by atoms with Crippen LogP contribution in [-0.4, -0.2) is 60.6 Å². The van der Waals surface area contributed by atoms with Crippen molar-refractivity contribution in [3.05, 3.63) is 93.9 Å². The number of carbonyl (C=O) groups excluding carboxylic acids is 1. The Morgan fingerprint density at radius 1 is 1.05 bits per heavy atom. The van der Waals surface area contributed by atoms with Gasteiger partial charge < -0.3 is 9.64 Å². The largest absolute Gasteiger partial charge is 0.469 e. The molecular formula is C30H36ClFN4O2. The summed E-state index contributed by atoms with van der Waals surface area (Å²) >= 11 is 6.23. The first-order chi connectivity index (χ1) is 18.4. The third kappa shape index (κ3) is 6.90. The van der Waals surface area contributed by atoms with E-state index in [1.807, 2.05) is 19.1 Å². The van der Waals surface area contributed by atoms with Crippen LogP contribution in [0.5, 0.6) is 0 Å². The van der Waals surface area contributed by atoms with Gasteiger partial charge in [0, 0.05) is 68.2 Å². The number of benzene rings is 2. The van der Waals surface area contributed by atoms with Gasteiger partial charge in [0.05, 0.1) is 13.0 Å². The lowest BCUT2D eigenvalue weighted by atomic mass is 10.0. The number of nitrogens with zero attached hydrogens (tertiary/aromatic N) is 4. The summed E-state index contributed by atoms with van der Waals surface area (Å²) < 4.78 is 19.2. The van der Waals surface area contributed by atoms with Gasteiger partial charge in [-0.25, -0.2) is 9.37 Å². The molecule has 0 N–H and O–H groups in total. The molecule has 0 amide bonds. The van der Waals surface area contributed by atoms with E-state index in [1.165, 1.54) is 24.3 Å². The first kappa shape index (κ1) is 28.0. The van der Waals surface area contributed by atoms with Gasteiger partial charge in [-0.3, -0.25) is 14.6 Å². The molecule has 1 aliphatic rings. The Hall–Kier alpha value is -3.00. The highest BCUT2D eigenvalue weighted by atomic mass is 35.5. The number of piperazine rings is 1. The molecule has 0 saturated carbocycles. The smallest absolute Gasteiger partial charge is 0.312 e. The average Bonchev–Trinajstić information content (AvgIpc) is 2.95. The van der Waals surface area contributed by atoms with E-state index < -0.39 is 0 Å². The van der Waals surface area contributed by atoms with Crippen molar-refractivity contribution >= 4 is 23.4 Å². The van der Waals surface area contributed by atoms with Gasteiger partial charge >= 0.3 is 5.97 Å². The van der Waals surface area contributed by atoms with Gasteiger partial charge in [-0.2, -0.15) is 0 Å². The summed E-state index contributed by atoms with van der Waals surface area (Å²) in [5.74, 6) is 0.00203. The molecule has 1 aliphatic heterocycles. The van der Waals surface area contributed by atoms with E-state index in [4.69, 9.17) is 16.3 Å². The number of pyridine rings is 1. The van der Waals surface area contributed by atoms with Crippen molar-refractivity contribution in [2.75, 3.05) is 44.7 Å². The van der Waals surface area contributed by atoms with Gasteiger partial charge in [-0.1, -0.05) is 54.9 Å². The Morgan fingerprint density at radius 3 is 2.42 bits per heavy atom. The molecule has 1 atom stereocenters. The average molecular weight is 539 g/mol. The van der Waals surface area contributed by atoms with E-state index in [9.17, 15) is 9.18 Å². The number of halogens is 2. The van der Waals surface area contributed by atoms with Crippen LogP contribution < -0.4 is 4.90 Å². The molecular weight excluding hydrogens is 503 g/mol. The molecule has 0 bridgehead atoms. The van der Waals surface area contributed by atoms with Crippen molar-refractivity contribution in [3.63, 3.8) is 0 Å². The maximum absolute atomic E-state index is 14.2. The molecule has 2 heterocycles. The van der Waals surface area contributed by atoms with Crippen molar-refractivity contribution < 1.29 is 13.9 Å². The first-order valence-corrected chi connectivity index (χ1v) is 13.5. The fraction of sp³-hybridized carbons (Fsp3) is 0.400. The molecule has 1 fully saturated rings. The van der Waals surface area contributed by atoms with Crippen LogP contribution in [-0.2, 0) is 29.2 Å². The van der Waals surface area contributed by atoms with E-state index in [2.05, 4.69) is 50.9 Å². The maximum Gasteiger partial charge on any atom is 0.312 e. The van der Waals surface area contributed by atoms with E-state index in [-0.39, 0.29) is 17.7 Å². The molecule has 6 nitrogen and oxygen atoms in total. The minimum absolute atomic E-state index is 0.251. The second kappa shape index (κ2) is 13.2. The van der Waals surface area contributed by atoms with Crippen LogP contribution in [0.2, 0.25) is 5.02 Å². The monoisotopic (exact) mass is 538 g/mol. The lowest BCUT2D eigenvalue weighted by molar-refractivity contribution is -0.141. The van der Waals surface area contributed by atoms with Gasteiger partial charge in [-0.15, -0.1) is 0 Å². The molecule has 3 aromatic rings. The fourth-order valence-corrected chi connectivity index (χ4v) is 5.11. The van der Waals surface area contributed by atoms with Crippen LogP contribution in [0.3, 0.4) is 0 Å². The van der Waals surface area contributed by atoms with Crippen molar-refractivity contribution in [1.29, 1.82) is 0 Å². The van der Waals surface area contributed by atoms with Crippen LogP contribution >= 0.6 is 11.6 Å². The topological polar surface area (TPSA) is 48.9 Å². The number of anilines is 1. The molecule has 4 rings (SSSR count). The highest BCUT2D eigenvalue weighted by Crippen LogP contribution is 2.27. The highest BCUT2D eigenvalue weighted by molar-refractivity contribution is 6.31. The predicted octanol–water partition coefficient (Wildman–Crippen LogP) is 5.49. The summed E-state index contributed by atoms with van der Waals surface area (Å²) in [6.45, 7) is 10.3. The summed E-state index contributed by atoms with van der Waals surface area (Å²) in [5.41, 5.74) is 3.90. The van der Waals surface area contributed by atoms with Crippen molar-refractivity contribution in [3.8, 4) is 0 Å². The standard InChI is InChI=1S/C30H36ClFN4O2/c1-4-34(21-26-27(31)8-5-9-28(26)32)19-23-10-12-24(13-11-23)20-35-15-17-36(18-16-35)29-25(7-6-14-33-29)22(2)30(37)38-3/h5-14,22H,4,15-21H2,1-3H3. The fourth-order valence-electron chi connectivity index (χ4n) is 4.89. The maximum atomic E-state index is 14.2. The quantitative estimate of drug-likeness (QED) is 0.318. The minimum atomic E-state index is -0.354. The van der Waals surface area contributed by atoms with Gasteiger partial charge in [0.1, 0.15) is 11.6 Å². The predicted molar refractivity (Wildman–Crippen MR) is 150 cm³/mol. The van der Waals surface area contributed by atoms with Crippen LogP contribution in [0.25, 0.3) is 0 Å². The zero-order chi connectivity index (χ0) is 27.1. The van der Waals surface area contributed by atoms with Gasteiger partial charge in [-0.05, 0) is 42.8 Å². The zero-order valence-corrected chi connectivity index (χ0v) is 23.1. The Morgan fingerprint density at radius 2 is 1.76 bits per heavy atom. The van der Waals surface area contributed by atoms with E-state index >= 15 is 0 Å². The summed E-state index contributed by atoms with van der Waals surface area (Å²) in [6.07, 6.45) is 1.78. The van der Waals surface area contributed by atoms with Crippen molar-refractivity contribution in [2.45, 2.75) is 39.4 Å². The third-order valence-electron chi connectivity index (χ3n) is 7.24. The number of methoxy groups -OCH3 is 1. The number of esters is 1. The molecule has 1 aromatic heterocycles. The Balaban J connectivity index is 1.31. The van der Waals surface area contributed by atoms with Gasteiger partial charge in [0.2, 0.25) is 0 Å². The molecule has 1 saturated heterocycles. The molecule has 0 aliphatic carbocycles. The summed E-state index contributed by atoms with van der Waals surface area (Å²) in [6, 6.07) is 17.3. The second-order valence-corrected chi connectivity index (χ2v) is 10.2. The van der Waals surface area contributed by atoms with Crippen molar-refractivity contribution in [2.24, 2.45) is 0 Å². The number of hydrogen-bond acceptors (Lipinski definition) is 6. The molecule has 38 heavy (non-hydrogen) atoms. The number of aromatic nitrogens is 1. The molecule has 202 valence electrons. The van der Waals surface area contributed by atoms with E-state index in [1.54, 1.807) is 18.3 Å². The molecule has 8 heteroatoms. The van der Waals surface area contributed by atoms with Gasteiger partial charge in [0.15, 0.2) is 0 Å². The second-order valence-electron chi connectivity index (χ2n) is 9.74. The lowest BCUT2D eigenvalue weighted by Crippen LogP contribution is -2.46. The van der Waals surface area contributed by atoms with Crippen LogP contribution in [0.4, 0.5) is 10.2 Å². The van der Waals surface area contributed by atoms with Gasteiger partial charge in [0.25, 0.3) is 0 Å². The Labute approximate surface area is 230 Å². The molecule has 0 spiro atoms. The Kier molecular flexibility index (Phi) is 9.72. The summed E-state index contributed by atoms with van der Waals surface area (Å²) in [4.78, 5) is 23.6. The van der Waals surface area contributed by atoms with E-state index in [0.29, 0.717) is 17.1 Å². The minimum Gasteiger partial charge on any atom is -0.469 e. The van der Waals surface area contributed by atoms with Crippen LogP contribution in [0.15, 0.2) is 60.8 Å². The number of hydrogen-bond donors (Lipinski definition) is 0. The summed E-state index contributed by atoms with van der Waals surface area (Å²) in [5, 5.41) is 0.469. The normalized spacial score (nSPS) is 15.1. The number of carbonyl (C=O) groups is 1. The van der Waals surface area contributed by atoms with E-state index in [0.717, 1.165) is 57.2 Å². The molecule has 1 unspecified atom stereocenters. The first-order valence-electron chi connectivity index (χ1n) is 13.1. The number of ether oxygens (including phenoxy) is 1. The Bertz CT molecular complexity index is 1190. The van der Waals surface area contributed by atoms with Crippen molar-refractivity contribution in [1.82, 2.24) is 14.8 Å².